The Morgan fingerprint density at radius 3 is 2.03 bits per heavy atom. The van der Waals surface area contributed by atoms with Crippen molar-refractivity contribution in [1.29, 1.82) is 0 Å². The van der Waals surface area contributed by atoms with Crippen LogP contribution < -0.4 is 16.0 Å². The number of carbonyl (C=O) groups is 2. The molecule has 0 heterocycles. The van der Waals surface area contributed by atoms with Gasteiger partial charge in [-0.2, -0.15) is 0 Å². The van der Waals surface area contributed by atoms with Crippen molar-refractivity contribution < 1.29 is 14.0 Å². The summed E-state index contributed by atoms with van der Waals surface area (Å²) in [5.74, 6) is 0.162. The number of halogens is 1. The second kappa shape index (κ2) is 11.2. The van der Waals surface area contributed by atoms with E-state index in [2.05, 4.69) is 29.8 Å². The van der Waals surface area contributed by atoms with Gasteiger partial charge in [-0.05, 0) is 67.9 Å². The first-order valence-electron chi connectivity index (χ1n) is 9.82. The molecule has 0 atom stereocenters. The lowest BCUT2D eigenvalue weighted by Gasteiger charge is -2.21. The highest BCUT2D eigenvalue weighted by atomic mass is 19.1. The summed E-state index contributed by atoms with van der Waals surface area (Å²) in [6.07, 6.45) is 0. The van der Waals surface area contributed by atoms with Gasteiger partial charge in [0, 0.05) is 36.6 Å². The van der Waals surface area contributed by atoms with Gasteiger partial charge in [0.1, 0.15) is 5.82 Å². The number of nitrogens with zero attached hydrogens (tertiary/aromatic N) is 1. The monoisotopic (exact) mass is 400 g/mol. The van der Waals surface area contributed by atoms with Crippen molar-refractivity contribution in [1.82, 2.24) is 10.2 Å². The van der Waals surface area contributed by atoms with Gasteiger partial charge in [0.15, 0.2) is 0 Å². The summed E-state index contributed by atoms with van der Waals surface area (Å²) < 4.78 is 12.9. The van der Waals surface area contributed by atoms with Gasteiger partial charge in [-0.25, -0.2) is 9.18 Å². The number of urea groups is 1. The molecule has 7 heteroatoms. The molecule has 29 heavy (non-hydrogen) atoms. The molecule has 3 N–H and O–H groups in total. The number of benzene rings is 2. The minimum absolute atomic E-state index is 0.0406. The highest BCUT2D eigenvalue weighted by Gasteiger charge is 2.14. The summed E-state index contributed by atoms with van der Waals surface area (Å²) in [6.45, 7) is 9.18. The SMILES string of the molecule is CCN(CCNCC(C)C)C(=O)c1ccc(NC(=O)Nc2ccc(F)cc2)cc1. The van der Waals surface area contributed by atoms with Crippen molar-refractivity contribution in [3.8, 4) is 0 Å². The van der Waals surface area contributed by atoms with Crippen molar-refractivity contribution in [3.63, 3.8) is 0 Å². The predicted molar refractivity (Wildman–Crippen MR) is 115 cm³/mol. The van der Waals surface area contributed by atoms with E-state index in [0.717, 1.165) is 13.1 Å². The molecule has 2 rings (SSSR count). The Labute approximate surface area is 171 Å². The number of hydrogen-bond acceptors (Lipinski definition) is 3. The van der Waals surface area contributed by atoms with Gasteiger partial charge in [-0.3, -0.25) is 4.79 Å². The minimum Gasteiger partial charge on any atom is -0.338 e. The Morgan fingerprint density at radius 1 is 0.966 bits per heavy atom. The number of anilines is 2. The highest BCUT2D eigenvalue weighted by Crippen LogP contribution is 2.13. The minimum atomic E-state index is -0.443. The van der Waals surface area contributed by atoms with Crippen LogP contribution in [0.3, 0.4) is 0 Å². The molecule has 0 aromatic heterocycles. The second-order valence-electron chi connectivity index (χ2n) is 7.15. The Kier molecular flexibility index (Phi) is 8.61. The molecule has 0 bridgehead atoms. The molecule has 0 saturated heterocycles. The summed E-state index contributed by atoms with van der Waals surface area (Å²) in [6, 6.07) is 11.8. The van der Waals surface area contributed by atoms with Crippen LogP contribution >= 0.6 is 0 Å². The first-order valence-corrected chi connectivity index (χ1v) is 9.82. The van der Waals surface area contributed by atoms with E-state index < -0.39 is 6.03 Å². The number of amides is 3. The molecule has 0 saturated carbocycles. The van der Waals surface area contributed by atoms with E-state index in [1.165, 1.54) is 24.3 Å². The third-order valence-electron chi connectivity index (χ3n) is 4.27. The molecule has 0 fully saturated rings. The molecule has 0 radical (unpaired) electrons. The van der Waals surface area contributed by atoms with Crippen molar-refractivity contribution in [3.05, 3.63) is 59.9 Å². The topological polar surface area (TPSA) is 73.5 Å². The van der Waals surface area contributed by atoms with E-state index in [0.29, 0.717) is 35.9 Å². The standard InChI is InChI=1S/C22H29FN4O2/c1-4-27(14-13-24-15-16(2)3)21(28)17-5-9-19(10-6-17)25-22(29)26-20-11-7-18(23)8-12-20/h5-12,16,24H,4,13-15H2,1-3H3,(H2,25,26,29). The highest BCUT2D eigenvalue weighted by molar-refractivity contribution is 6.00. The normalized spacial score (nSPS) is 10.7. The van der Waals surface area contributed by atoms with Crippen LogP contribution in [0, 0.1) is 11.7 Å². The van der Waals surface area contributed by atoms with Crippen LogP contribution in [0.15, 0.2) is 48.5 Å². The lowest BCUT2D eigenvalue weighted by atomic mass is 10.1. The molecule has 0 aliphatic rings. The van der Waals surface area contributed by atoms with Crippen LogP contribution in [0.4, 0.5) is 20.6 Å². The summed E-state index contributed by atoms with van der Waals surface area (Å²) in [4.78, 5) is 26.5. The van der Waals surface area contributed by atoms with Gasteiger partial charge < -0.3 is 20.9 Å². The van der Waals surface area contributed by atoms with Crippen molar-refractivity contribution in [2.45, 2.75) is 20.8 Å². The Hall–Kier alpha value is -2.93. The van der Waals surface area contributed by atoms with Crippen molar-refractivity contribution >= 4 is 23.3 Å². The molecule has 6 nitrogen and oxygen atoms in total. The van der Waals surface area contributed by atoms with Gasteiger partial charge in [0.2, 0.25) is 0 Å². The number of hydrogen-bond donors (Lipinski definition) is 3. The fraction of sp³-hybridized carbons (Fsp3) is 0.364. The largest absolute Gasteiger partial charge is 0.338 e. The van der Waals surface area contributed by atoms with Crippen LogP contribution in [0.1, 0.15) is 31.1 Å². The maximum absolute atomic E-state index is 12.9. The van der Waals surface area contributed by atoms with Crippen LogP contribution in [-0.4, -0.2) is 43.0 Å². The second-order valence-corrected chi connectivity index (χ2v) is 7.15. The average molecular weight is 400 g/mol. The lowest BCUT2D eigenvalue weighted by Crippen LogP contribution is -2.37. The Morgan fingerprint density at radius 2 is 1.52 bits per heavy atom. The van der Waals surface area contributed by atoms with E-state index >= 15 is 0 Å². The van der Waals surface area contributed by atoms with Crippen LogP contribution in [-0.2, 0) is 0 Å². The van der Waals surface area contributed by atoms with E-state index in [1.54, 1.807) is 29.2 Å². The molecule has 2 aromatic rings. The first kappa shape index (κ1) is 22.4. The number of nitrogens with one attached hydrogen (secondary N) is 3. The zero-order valence-electron chi connectivity index (χ0n) is 17.2. The van der Waals surface area contributed by atoms with E-state index in [9.17, 15) is 14.0 Å². The molecule has 2 aromatic carbocycles. The lowest BCUT2D eigenvalue weighted by molar-refractivity contribution is 0.0765. The number of rotatable bonds is 9. The summed E-state index contributed by atoms with van der Waals surface area (Å²) in [7, 11) is 0. The molecule has 156 valence electrons. The smallest absolute Gasteiger partial charge is 0.323 e. The fourth-order valence-electron chi connectivity index (χ4n) is 2.71. The Balaban J connectivity index is 1.88. The van der Waals surface area contributed by atoms with Gasteiger partial charge in [-0.15, -0.1) is 0 Å². The van der Waals surface area contributed by atoms with E-state index in [1.807, 2.05) is 6.92 Å². The fourth-order valence-corrected chi connectivity index (χ4v) is 2.71. The van der Waals surface area contributed by atoms with Crippen molar-refractivity contribution in [2.24, 2.45) is 5.92 Å². The van der Waals surface area contributed by atoms with Crippen LogP contribution in [0.5, 0.6) is 0 Å². The Bertz CT molecular complexity index is 791. The van der Waals surface area contributed by atoms with Gasteiger partial charge in [0.05, 0.1) is 0 Å². The zero-order chi connectivity index (χ0) is 21.2. The number of carbonyl (C=O) groups excluding carboxylic acids is 2. The third-order valence-corrected chi connectivity index (χ3v) is 4.27. The molecule has 0 unspecified atom stereocenters. The third kappa shape index (κ3) is 7.54. The summed E-state index contributed by atoms with van der Waals surface area (Å²) in [5.41, 5.74) is 1.61. The predicted octanol–water partition coefficient (Wildman–Crippen LogP) is 4.18. The maximum Gasteiger partial charge on any atom is 0.323 e. The zero-order valence-corrected chi connectivity index (χ0v) is 17.2. The molecule has 3 amide bonds. The molecule has 0 aliphatic carbocycles. The first-order chi connectivity index (χ1) is 13.9. The van der Waals surface area contributed by atoms with E-state index in [4.69, 9.17) is 0 Å². The summed E-state index contributed by atoms with van der Waals surface area (Å²) >= 11 is 0. The summed E-state index contributed by atoms with van der Waals surface area (Å²) in [5, 5.41) is 8.65. The van der Waals surface area contributed by atoms with Crippen LogP contribution in [0.25, 0.3) is 0 Å². The average Bonchev–Trinajstić information content (AvgIpc) is 2.70. The molecular weight excluding hydrogens is 371 g/mol. The van der Waals surface area contributed by atoms with Gasteiger partial charge in [0.25, 0.3) is 5.91 Å². The van der Waals surface area contributed by atoms with E-state index in [-0.39, 0.29) is 11.7 Å². The van der Waals surface area contributed by atoms with Crippen LogP contribution in [0.2, 0.25) is 0 Å². The van der Waals surface area contributed by atoms with Gasteiger partial charge in [-0.1, -0.05) is 13.8 Å². The molecular formula is C22H29FN4O2. The van der Waals surface area contributed by atoms with Crippen molar-refractivity contribution in [2.75, 3.05) is 36.8 Å². The maximum atomic E-state index is 12.9. The molecule has 0 spiro atoms. The quantitative estimate of drug-likeness (QED) is 0.553. The number of likely N-dealkylation sites (N-methyl/N-ethyl adjacent to an activating group) is 1. The molecule has 0 aliphatic heterocycles. The van der Waals surface area contributed by atoms with Gasteiger partial charge >= 0.3 is 6.03 Å².